The maximum Gasteiger partial charge on any atom is 0.138 e. The van der Waals surface area contributed by atoms with Crippen LogP contribution < -0.4 is 0 Å². The highest BCUT2D eigenvalue weighted by molar-refractivity contribution is 14.1. The molecule has 6 heteroatoms. The van der Waals surface area contributed by atoms with Crippen molar-refractivity contribution in [2.75, 3.05) is 6.61 Å². The molecule has 0 amide bonds. The second-order valence-electron chi connectivity index (χ2n) is 5.39. The quantitative estimate of drug-likeness (QED) is 0.541. The van der Waals surface area contributed by atoms with E-state index in [1.807, 2.05) is 22.6 Å². The largest absolute Gasteiger partial charge is 0.378 e. The Morgan fingerprint density at radius 2 is 2.33 bits per heavy atom. The summed E-state index contributed by atoms with van der Waals surface area (Å²) < 4.78 is 22.3. The highest BCUT2D eigenvalue weighted by Gasteiger charge is 2.28. The number of rotatable bonds is 4. The van der Waals surface area contributed by atoms with Crippen LogP contribution in [-0.2, 0) is 17.2 Å². The van der Waals surface area contributed by atoms with Gasteiger partial charge in [0.25, 0.3) is 0 Å². The smallest absolute Gasteiger partial charge is 0.138 e. The van der Waals surface area contributed by atoms with Crippen LogP contribution in [0.3, 0.4) is 0 Å². The standard InChI is InChI=1S/C15H17ClFIN2O/c1-2-14-9(3-4-21-14)8-20-13-5-10(17)11(18)6-12(13)19-15(20)7-16/h5-6,9,14H,2-4,7-8H2,1H3. The molecule has 0 bridgehead atoms. The minimum absolute atomic E-state index is 0.208. The molecule has 2 unspecified atom stereocenters. The lowest BCUT2D eigenvalue weighted by molar-refractivity contribution is 0.0836. The Kier molecular flexibility index (Phi) is 4.71. The lowest BCUT2D eigenvalue weighted by atomic mass is 9.99. The first-order valence-electron chi connectivity index (χ1n) is 7.15. The zero-order valence-electron chi connectivity index (χ0n) is 11.8. The molecule has 2 atom stereocenters. The van der Waals surface area contributed by atoms with Gasteiger partial charge in [-0.05, 0) is 41.5 Å². The molecule has 21 heavy (non-hydrogen) atoms. The van der Waals surface area contributed by atoms with Crippen molar-refractivity contribution >= 4 is 45.2 Å². The number of halogens is 3. The van der Waals surface area contributed by atoms with Gasteiger partial charge in [0.05, 0.1) is 26.6 Å². The van der Waals surface area contributed by atoms with E-state index in [-0.39, 0.29) is 11.9 Å². The predicted molar refractivity (Wildman–Crippen MR) is 90.1 cm³/mol. The molecule has 0 spiro atoms. The minimum atomic E-state index is -0.208. The summed E-state index contributed by atoms with van der Waals surface area (Å²) in [6, 6.07) is 3.34. The SMILES string of the molecule is CCC1OCCC1Cn1c(CCl)nc2cc(I)c(F)cc21. The third-order valence-corrected chi connectivity index (χ3v) is 5.22. The van der Waals surface area contributed by atoms with Crippen LogP contribution in [0.25, 0.3) is 11.0 Å². The van der Waals surface area contributed by atoms with Gasteiger partial charge in [-0.3, -0.25) is 0 Å². The van der Waals surface area contributed by atoms with Crippen molar-refractivity contribution in [2.24, 2.45) is 5.92 Å². The van der Waals surface area contributed by atoms with Gasteiger partial charge in [-0.1, -0.05) is 6.92 Å². The monoisotopic (exact) mass is 422 g/mol. The normalized spacial score (nSPS) is 22.3. The van der Waals surface area contributed by atoms with Gasteiger partial charge in [-0.25, -0.2) is 9.37 Å². The Morgan fingerprint density at radius 1 is 1.52 bits per heavy atom. The van der Waals surface area contributed by atoms with E-state index >= 15 is 0 Å². The summed E-state index contributed by atoms with van der Waals surface area (Å²) in [4.78, 5) is 4.54. The van der Waals surface area contributed by atoms with Crippen molar-refractivity contribution in [1.82, 2.24) is 9.55 Å². The Balaban J connectivity index is 2.01. The molecule has 1 saturated heterocycles. The molecule has 1 aromatic heterocycles. The molecule has 0 saturated carbocycles. The van der Waals surface area contributed by atoms with Crippen LogP contribution in [0.1, 0.15) is 25.6 Å². The zero-order valence-corrected chi connectivity index (χ0v) is 14.7. The first kappa shape index (κ1) is 15.5. The molecular weight excluding hydrogens is 406 g/mol. The lowest BCUT2D eigenvalue weighted by Crippen LogP contribution is -2.21. The highest BCUT2D eigenvalue weighted by Crippen LogP contribution is 2.29. The maximum atomic E-state index is 13.9. The fourth-order valence-electron chi connectivity index (χ4n) is 3.06. The van der Waals surface area contributed by atoms with E-state index in [1.165, 1.54) is 0 Å². The molecule has 0 aliphatic carbocycles. The molecule has 3 rings (SSSR count). The molecule has 2 heterocycles. The average Bonchev–Trinajstić information content (AvgIpc) is 3.05. The highest BCUT2D eigenvalue weighted by atomic mass is 127. The summed E-state index contributed by atoms with van der Waals surface area (Å²) in [5.41, 5.74) is 1.63. The Bertz CT molecular complexity index is 661. The van der Waals surface area contributed by atoms with Gasteiger partial charge in [0.15, 0.2) is 0 Å². The number of imidazole rings is 1. The molecule has 1 fully saturated rings. The number of alkyl halides is 1. The van der Waals surface area contributed by atoms with Crippen molar-refractivity contribution in [3.8, 4) is 0 Å². The van der Waals surface area contributed by atoms with Gasteiger partial charge in [0.1, 0.15) is 11.6 Å². The van der Waals surface area contributed by atoms with Crippen LogP contribution in [0, 0.1) is 15.3 Å². The number of hydrogen-bond donors (Lipinski definition) is 0. The van der Waals surface area contributed by atoms with Crippen LogP contribution in [0.2, 0.25) is 0 Å². The summed E-state index contributed by atoms with van der Waals surface area (Å²) in [7, 11) is 0. The number of hydrogen-bond acceptors (Lipinski definition) is 2. The topological polar surface area (TPSA) is 27.1 Å². The summed E-state index contributed by atoms with van der Waals surface area (Å²) in [5.74, 6) is 1.36. The second-order valence-corrected chi connectivity index (χ2v) is 6.82. The van der Waals surface area contributed by atoms with Crippen molar-refractivity contribution in [1.29, 1.82) is 0 Å². The van der Waals surface area contributed by atoms with Crippen LogP contribution in [-0.4, -0.2) is 22.3 Å². The average molecular weight is 423 g/mol. The first-order chi connectivity index (χ1) is 10.1. The third-order valence-electron chi connectivity index (χ3n) is 4.15. The molecule has 0 N–H and O–H groups in total. The van der Waals surface area contributed by atoms with Crippen molar-refractivity contribution in [2.45, 2.75) is 38.3 Å². The maximum absolute atomic E-state index is 13.9. The van der Waals surface area contributed by atoms with Crippen molar-refractivity contribution < 1.29 is 9.13 Å². The predicted octanol–water partition coefficient (Wildman–Crippen LogP) is 4.33. The molecule has 1 aliphatic heterocycles. The number of fused-ring (bicyclic) bond motifs is 1. The summed E-state index contributed by atoms with van der Waals surface area (Å²) in [6.45, 7) is 3.73. The molecule has 2 aromatic rings. The van der Waals surface area contributed by atoms with E-state index in [9.17, 15) is 4.39 Å². The van der Waals surface area contributed by atoms with Gasteiger partial charge in [0, 0.05) is 25.1 Å². The molecular formula is C15H17ClFIN2O. The number of aromatic nitrogens is 2. The fraction of sp³-hybridized carbons (Fsp3) is 0.533. The molecule has 0 radical (unpaired) electrons. The number of ether oxygens (including phenoxy) is 1. The Hall–Kier alpha value is -0.400. The fourth-order valence-corrected chi connectivity index (χ4v) is 3.72. The first-order valence-corrected chi connectivity index (χ1v) is 8.77. The van der Waals surface area contributed by atoms with Gasteiger partial charge in [-0.15, -0.1) is 11.6 Å². The van der Waals surface area contributed by atoms with Gasteiger partial charge < -0.3 is 9.30 Å². The third kappa shape index (κ3) is 2.92. The Labute approximate surface area is 142 Å². The zero-order chi connectivity index (χ0) is 15.0. The summed E-state index contributed by atoms with van der Waals surface area (Å²) in [5, 5.41) is 0. The summed E-state index contributed by atoms with van der Waals surface area (Å²) >= 11 is 8.02. The Morgan fingerprint density at radius 3 is 3.05 bits per heavy atom. The minimum Gasteiger partial charge on any atom is -0.378 e. The molecule has 1 aromatic carbocycles. The van der Waals surface area contributed by atoms with E-state index in [1.54, 1.807) is 12.1 Å². The second kappa shape index (κ2) is 6.38. The lowest BCUT2D eigenvalue weighted by Gasteiger charge is -2.19. The van der Waals surface area contributed by atoms with Crippen LogP contribution >= 0.6 is 34.2 Å². The van der Waals surface area contributed by atoms with Gasteiger partial charge in [0.2, 0.25) is 0 Å². The van der Waals surface area contributed by atoms with Crippen molar-refractivity contribution in [3.05, 3.63) is 27.3 Å². The number of nitrogens with zero attached hydrogens (tertiary/aromatic N) is 2. The van der Waals surface area contributed by atoms with Crippen LogP contribution in [0.4, 0.5) is 4.39 Å². The van der Waals surface area contributed by atoms with E-state index in [4.69, 9.17) is 16.3 Å². The molecule has 1 aliphatic rings. The van der Waals surface area contributed by atoms with Crippen molar-refractivity contribution in [3.63, 3.8) is 0 Å². The summed E-state index contributed by atoms with van der Waals surface area (Å²) in [6.07, 6.45) is 2.31. The van der Waals surface area contributed by atoms with E-state index in [0.29, 0.717) is 15.4 Å². The van der Waals surface area contributed by atoms with E-state index in [0.717, 1.165) is 42.9 Å². The van der Waals surface area contributed by atoms with E-state index in [2.05, 4.69) is 16.5 Å². The van der Waals surface area contributed by atoms with E-state index < -0.39 is 0 Å². The van der Waals surface area contributed by atoms with Crippen LogP contribution in [0.5, 0.6) is 0 Å². The number of benzene rings is 1. The molecule has 114 valence electrons. The van der Waals surface area contributed by atoms with Gasteiger partial charge in [-0.2, -0.15) is 0 Å². The van der Waals surface area contributed by atoms with Crippen LogP contribution in [0.15, 0.2) is 12.1 Å². The molecule has 3 nitrogen and oxygen atoms in total. The van der Waals surface area contributed by atoms with Gasteiger partial charge >= 0.3 is 0 Å².